The predicted molar refractivity (Wildman–Crippen MR) is 103 cm³/mol. The van der Waals surface area contributed by atoms with Crippen LogP contribution in [0, 0.1) is 0 Å². The summed E-state index contributed by atoms with van der Waals surface area (Å²) in [5, 5.41) is 0. The molecule has 2 N–H and O–H groups in total. The minimum absolute atomic E-state index is 0.107. The molecule has 1 amide bonds. The van der Waals surface area contributed by atoms with Crippen molar-refractivity contribution >= 4 is 21.8 Å². The molecule has 0 aliphatic rings. The maximum Gasteiger partial charge on any atom is 0.260 e. The van der Waals surface area contributed by atoms with E-state index in [1.54, 1.807) is 0 Å². The zero-order chi connectivity index (χ0) is 20.9. The van der Waals surface area contributed by atoms with Crippen LogP contribution in [0.5, 0.6) is 23.0 Å². The molecule has 0 fully saturated rings. The Kier molecular flexibility index (Phi) is 6.53. The quantitative estimate of drug-likeness (QED) is 0.666. The van der Waals surface area contributed by atoms with Gasteiger partial charge < -0.3 is 24.7 Å². The molecule has 0 atom stereocenters. The van der Waals surface area contributed by atoms with Crippen LogP contribution in [0.25, 0.3) is 6.08 Å². The highest BCUT2D eigenvalue weighted by Crippen LogP contribution is 2.37. The molecule has 2 aromatic rings. The van der Waals surface area contributed by atoms with Crippen molar-refractivity contribution in [1.82, 2.24) is 0 Å². The second kappa shape index (κ2) is 8.66. The van der Waals surface area contributed by atoms with E-state index in [-0.39, 0.29) is 22.0 Å². The van der Waals surface area contributed by atoms with E-state index < -0.39 is 20.6 Å². The minimum Gasteiger partial charge on any atom is -0.497 e. The summed E-state index contributed by atoms with van der Waals surface area (Å²) in [6.07, 6.45) is 1.12. The summed E-state index contributed by atoms with van der Waals surface area (Å²) in [4.78, 5) is 11.3. The molecule has 9 heteroatoms. The largest absolute Gasteiger partial charge is 0.497 e. The molecule has 0 aliphatic carbocycles. The average molecular weight is 407 g/mol. The van der Waals surface area contributed by atoms with Crippen LogP contribution in [-0.4, -0.2) is 42.8 Å². The van der Waals surface area contributed by atoms with Crippen LogP contribution in [-0.2, 0) is 14.6 Å². The molecule has 0 aromatic heterocycles. The van der Waals surface area contributed by atoms with E-state index in [1.807, 2.05) is 0 Å². The molecule has 0 heterocycles. The van der Waals surface area contributed by atoms with E-state index in [9.17, 15) is 13.2 Å². The maximum atomic E-state index is 13.0. The van der Waals surface area contributed by atoms with Crippen molar-refractivity contribution in [3.8, 4) is 23.0 Å². The Bertz CT molecular complexity index is 970. The van der Waals surface area contributed by atoms with Gasteiger partial charge in [-0.1, -0.05) is 0 Å². The first-order chi connectivity index (χ1) is 13.3. The lowest BCUT2D eigenvalue weighted by atomic mass is 10.1. The molecule has 0 saturated heterocycles. The van der Waals surface area contributed by atoms with Crippen LogP contribution in [0.15, 0.2) is 46.2 Å². The summed E-state index contributed by atoms with van der Waals surface area (Å²) in [7, 11) is 1.52. The first-order valence-electron chi connectivity index (χ1n) is 7.99. The first kappa shape index (κ1) is 21.1. The molecule has 0 bridgehead atoms. The number of carbonyl (C=O) groups excluding carboxylic acids is 1. The summed E-state index contributed by atoms with van der Waals surface area (Å²) in [6.45, 7) is 0. The molecule has 8 nitrogen and oxygen atoms in total. The number of carbonyl (C=O) groups is 1. The van der Waals surface area contributed by atoms with E-state index in [0.717, 1.165) is 6.08 Å². The fraction of sp³-hybridized carbons (Fsp3) is 0.211. The SMILES string of the molecule is COc1ccc(S(=O)(=O)/C(=C\c2c(OC)cc(OC)cc2OC)C(N)=O)cc1. The van der Waals surface area contributed by atoms with Crippen molar-refractivity contribution in [2.24, 2.45) is 5.73 Å². The number of sulfone groups is 1. The second-order valence-corrected chi connectivity index (χ2v) is 7.42. The molecule has 0 spiro atoms. The number of methoxy groups -OCH3 is 4. The summed E-state index contributed by atoms with van der Waals surface area (Å²) >= 11 is 0. The fourth-order valence-electron chi connectivity index (χ4n) is 2.47. The van der Waals surface area contributed by atoms with Gasteiger partial charge in [-0.2, -0.15) is 0 Å². The third kappa shape index (κ3) is 4.20. The summed E-state index contributed by atoms with van der Waals surface area (Å²) in [5.41, 5.74) is 5.62. The molecule has 0 radical (unpaired) electrons. The third-order valence-electron chi connectivity index (χ3n) is 3.93. The van der Waals surface area contributed by atoms with Gasteiger partial charge in [-0.05, 0) is 30.3 Å². The van der Waals surface area contributed by atoms with Crippen molar-refractivity contribution in [1.29, 1.82) is 0 Å². The van der Waals surface area contributed by atoms with E-state index in [1.165, 1.54) is 64.8 Å². The number of primary amides is 1. The van der Waals surface area contributed by atoms with Gasteiger partial charge in [0.2, 0.25) is 9.84 Å². The normalized spacial score (nSPS) is 11.6. The highest BCUT2D eigenvalue weighted by molar-refractivity contribution is 7.96. The molecule has 0 aliphatic heterocycles. The van der Waals surface area contributed by atoms with Gasteiger partial charge in [-0.3, -0.25) is 4.79 Å². The number of benzene rings is 2. The Balaban J connectivity index is 2.69. The van der Waals surface area contributed by atoms with Gasteiger partial charge in [-0.15, -0.1) is 0 Å². The molecule has 0 saturated carbocycles. The van der Waals surface area contributed by atoms with E-state index in [4.69, 9.17) is 24.7 Å². The summed E-state index contributed by atoms with van der Waals surface area (Å²) in [5.74, 6) is 0.294. The summed E-state index contributed by atoms with van der Waals surface area (Å²) in [6, 6.07) is 8.67. The Morgan fingerprint density at radius 2 is 1.36 bits per heavy atom. The number of amides is 1. The Morgan fingerprint density at radius 1 is 0.857 bits per heavy atom. The van der Waals surface area contributed by atoms with Gasteiger partial charge in [0.25, 0.3) is 5.91 Å². The molecule has 28 heavy (non-hydrogen) atoms. The second-order valence-electron chi connectivity index (χ2n) is 5.50. The zero-order valence-corrected chi connectivity index (χ0v) is 16.7. The number of nitrogens with two attached hydrogens (primary N) is 1. The van der Waals surface area contributed by atoms with Gasteiger partial charge in [0.1, 0.15) is 27.9 Å². The lowest BCUT2D eigenvalue weighted by molar-refractivity contribution is -0.113. The van der Waals surface area contributed by atoms with Crippen molar-refractivity contribution in [3.63, 3.8) is 0 Å². The Hall–Kier alpha value is -3.20. The van der Waals surface area contributed by atoms with Crippen LogP contribution in [0.4, 0.5) is 0 Å². The van der Waals surface area contributed by atoms with Crippen molar-refractivity contribution in [2.45, 2.75) is 4.90 Å². The van der Waals surface area contributed by atoms with Gasteiger partial charge in [0, 0.05) is 12.1 Å². The molecule has 2 rings (SSSR count). The topological polar surface area (TPSA) is 114 Å². The lowest BCUT2D eigenvalue weighted by Crippen LogP contribution is -2.21. The van der Waals surface area contributed by atoms with Crippen LogP contribution in [0.2, 0.25) is 0 Å². The summed E-state index contributed by atoms with van der Waals surface area (Å²) < 4.78 is 46.7. The first-order valence-corrected chi connectivity index (χ1v) is 9.47. The van der Waals surface area contributed by atoms with E-state index >= 15 is 0 Å². The van der Waals surface area contributed by atoms with Crippen LogP contribution in [0.3, 0.4) is 0 Å². The third-order valence-corrected chi connectivity index (χ3v) is 5.72. The molecular weight excluding hydrogens is 386 g/mol. The van der Waals surface area contributed by atoms with Crippen LogP contribution < -0.4 is 24.7 Å². The highest BCUT2D eigenvalue weighted by atomic mass is 32.2. The van der Waals surface area contributed by atoms with Gasteiger partial charge >= 0.3 is 0 Å². The molecule has 2 aromatic carbocycles. The van der Waals surface area contributed by atoms with Crippen molar-refractivity contribution in [3.05, 3.63) is 46.9 Å². The van der Waals surface area contributed by atoms with Gasteiger partial charge in [0.05, 0.1) is 38.9 Å². The Labute approximate surface area is 163 Å². The number of ether oxygens (including phenoxy) is 4. The molecule has 150 valence electrons. The highest BCUT2D eigenvalue weighted by Gasteiger charge is 2.27. The average Bonchev–Trinajstić information content (AvgIpc) is 2.70. The fourth-order valence-corrected chi connectivity index (χ4v) is 3.76. The monoisotopic (exact) mass is 407 g/mol. The van der Waals surface area contributed by atoms with Crippen molar-refractivity contribution < 1.29 is 32.2 Å². The minimum atomic E-state index is -4.20. The number of rotatable bonds is 8. The van der Waals surface area contributed by atoms with Crippen LogP contribution in [0.1, 0.15) is 5.56 Å². The zero-order valence-electron chi connectivity index (χ0n) is 15.9. The Morgan fingerprint density at radius 3 is 1.75 bits per heavy atom. The van der Waals surface area contributed by atoms with E-state index in [2.05, 4.69) is 0 Å². The number of hydrogen-bond donors (Lipinski definition) is 1. The number of hydrogen-bond acceptors (Lipinski definition) is 7. The van der Waals surface area contributed by atoms with Crippen molar-refractivity contribution in [2.75, 3.05) is 28.4 Å². The van der Waals surface area contributed by atoms with Gasteiger partial charge in [-0.25, -0.2) is 8.42 Å². The van der Waals surface area contributed by atoms with Gasteiger partial charge in [0.15, 0.2) is 0 Å². The standard InChI is InChI=1S/C19H21NO7S/c1-24-12-5-7-14(8-6-12)28(22,23)18(19(20)21)11-15-16(26-3)9-13(25-2)10-17(15)27-4/h5-11H,1-4H3,(H2,20,21)/b18-11-. The molecule has 0 unspecified atom stereocenters. The lowest BCUT2D eigenvalue weighted by Gasteiger charge is -2.14. The van der Waals surface area contributed by atoms with Crippen LogP contribution >= 0.6 is 0 Å². The smallest absolute Gasteiger partial charge is 0.260 e. The maximum absolute atomic E-state index is 13.0. The predicted octanol–water partition coefficient (Wildman–Crippen LogP) is 2.02. The molecular formula is C19H21NO7S. The van der Waals surface area contributed by atoms with E-state index in [0.29, 0.717) is 11.5 Å².